The van der Waals surface area contributed by atoms with Crippen LogP contribution in [0.25, 0.3) is 0 Å². The molecule has 0 radical (unpaired) electrons. The maximum Gasteiger partial charge on any atom is 0.317 e. The van der Waals surface area contributed by atoms with E-state index in [1.807, 2.05) is 37.7 Å². The van der Waals surface area contributed by atoms with Gasteiger partial charge in [0.1, 0.15) is 0 Å². The van der Waals surface area contributed by atoms with Gasteiger partial charge < -0.3 is 10.2 Å². The van der Waals surface area contributed by atoms with E-state index in [4.69, 9.17) is 0 Å². The number of aryl methyl sites for hydroxylation is 2. The summed E-state index contributed by atoms with van der Waals surface area (Å²) in [6, 6.07) is 3.79. The first-order valence-corrected chi connectivity index (χ1v) is 7.78. The number of hydrogen-bond acceptors (Lipinski definition) is 3. The van der Waals surface area contributed by atoms with E-state index in [1.54, 1.807) is 24.3 Å². The van der Waals surface area contributed by atoms with Gasteiger partial charge in [0, 0.05) is 44.8 Å². The zero-order chi connectivity index (χ0) is 17.0. The first kappa shape index (κ1) is 17.0. The second-order valence-electron chi connectivity index (χ2n) is 6.04. The van der Waals surface area contributed by atoms with E-state index in [-0.39, 0.29) is 12.1 Å². The summed E-state index contributed by atoms with van der Waals surface area (Å²) in [4.78, 5) is 18.0. The lowest BCUT2D eigenvalue weighted by Crippen LogP contribution is -2.42. The van der Waals surface area contributed by atoms with Crippen LogP contribution in [-0.4, -0.2) is 38.8 Å². The van der Waals surface area contributed by atoms with Crippen molar-refractivity contribution in [3.8, 4) is 0 Å². The van der Waals surface area contributed by atoms with E-state index in [2.05, 4.69) is 22.3 Å². The first-order valence-electron chi connectivity index (χ1n) is 7.78. The zero-order valence-electron chi connectivity index (χ0n) is 14.5. The fraction of sp³-hybridized carbons (Fsp3) is 0.471. The Bertz CT molecular complexity index is 665. The predicted octanol–water partition coefficient (Wildman–Crippen LogP) is 2.20. The number of nitrogens with one attached hydrogen (secondary N) is 1. The van der Waals surface area contributed by atoms with Crippen molar-refractivity contribution in [1.82, 2.24) is 25.0 Å². The molecule has 0 bridgehead atoms. The maximum absolute atomic E-state index is 12.3. The molecule has 0 aliphatic rings. The molecule has 0 saturated carbocycles. The second-order valence-corrected chi connectivity index (χ2v) is 6.04. The maximum atomic E-state index is 12.3. The van der Waals surface area contributed by atoms with Crippen molar-refractivity contribution in [2.75, 3.05) is 7.05 Å². The van der Waals surface area contributed by atoms with E-state index < -0.39 is 0 Å². The molecule has 124 valence electrons. The number of pyridine rings is 1. The fourth-order valence-corrected chi connectivity index (χ4v) is 2.62. The Morgan fingerprint density at radius 1 is 1.35 bits per heavy atom. The summed E-state index contributed by atoms with van der Waals surface area (Å²) in [6.07, 6.45) is 4.25. The third kappa shape index (κ3) is 4.31. The summed E-state index contributed by atoms with van der Waals surface area (Å²) >= 11 is 0. The summed E-state index contributed by atoms with van der Waals surface area (Å²) in [6.45, 7) is 6.64. The van der Waals surface area contributed by atoms with Gasteiger partial charge in [0.2, 0.25) is 0 Å². The molecule has 6 nitrogen and oxygen atoms in total. The Morgan fingerprint density at radius 3 is 2.57 bits per heavy atom. The molecule has 2 aromatic heterocycles. The highest BCUT2D eigenvalue weighted by Crippen LogP contribution is 2.14. The highest BCUT2D eigenvalue weighted by Gasteiger charge is 2.16. The minimum Gasteiger partial charge on any atom is -0.335 e. The third-order valence-electron chi connectivity index (χ3n) is 4.05. The molecule has 0 saturated heterocycles. The van der Waals surface area contributed by atoms with Crippen LogP contribution < -0.4 is 5.32 Å². The number of aromatic nitrogens is 3. The molecule has 0 aliphatic carbocycles. The van der Waals surface area contributed by atoms with Crippen molar-refractivity contribution < 1.29 is 4.79 Å². The number of urea groups is 1. The Kier molecular flexibility index (Phi) is 5.36. The van der Waals surface area contributed by atoms with Gasteiger partial charge in [-0.25, -0.2) is 4.79 Å². The number of carbonyl (C=O) groups is 1. The minimum absolute atomic E-state index is 0.0454. The first-order chi connectivity index (χ1) is 10.9. The van der Waals surface area contributed by atoms with Crippen molar-refractivity contribution in [3.63, 3.8) is 0 Å². The fourth-order valence-electron chi connectivity index (χ4n) is 2.62. The molecule has 1 atom stereocenters. The molecule has 2 rings (SSSR count). The Balaban J connectivity index is 1.91. The van der Waals surface area contributed by atoms with Crippen LogP contribution in [0.5, 0.6) is 0 Å². The molecule has 0 unspecified atom stereocenters. The van der Waals surface area contributed by atoms with Crippen molar-refractivity contribution in [3.05, 3.63) is 47.0 Å². The molecule has 6 heteroatoms. The van der Waals surface area contributed by atoms with Crippen LogP contribution in [0.15, 0.2) is 24.5 Å². The standard InChI is InChI=1S/C17H25N5O/c1-12(10-16-13(2)20-22(5)14(16)3)19-17(23)21(4)11-15-6-8-18-9-7-15/h6-9,12H,10-11H2,1-5H3,(H,19,23)/t12-/m1/s1. The van der Waals surface area contributed by atoms with Crippen molar-refractivity contribution in [2.24, 2.45) is 7.05 Å². The lowest BCUT2D eigenvalue weighted by Gasteiger charge is -2.21. The Hall–Kier alpha value is -2.37. The van der Waals surface area contributed by atoms with Gasteiger partial charge in [0.15, 0.2) is 0 Å². The quantitative estimate of drug-likeness (QED) is 0.920. The van der Waals surface area contributed by atoms with Gasteiger partial charge in [-0.3, -0.25) is 9.67 Å². The van der Waals surface area contributed by atoms with E-state index in [0.717, 1.165) is 23.4 Å². The summed E-state index contributed by atoms with van der Waals surface area (Å²) in [5, 5.41) is 7.47. The average molecular weight is 315 g/mol. The second kappa shape index (κ2) is 7.26. The van der Waals surface area contributed by atoms with Gasteiger partial charge in [0.05, 0.1) is 5.69 Å². The van der Waals surface area contributed by atoms with Crippen LogP contribution in [0.4, 0.5) is 4.79 Å². The highest BCUT2D eigenvalue weighted by atomic mass is 16.2. The molecule has 2 heterocycles. The summed E-state index contributed by atoms with van der Waals surface area (Å²) < 4.78 is 1.88. The Morgan fingerprint density at radius 2 is 2.00 bits per heavy atom. The lowest BCUT2D eigenvalue weighted by atomic mass is 10.1. The van der Waals surface area contributed by atoms with E-state index in [0.29, 0.717) is 6.54 Å². The minimum atomic E-state index is -0.0755. The molecule has 0 fully saturated rings. The van der Waals surface area contributed by atoms with Crippen molar-refractivity contribution >= 4 is 6.03 Å². The average Bonchev–Trinajstić information content (AvgIpc) is 2.74. The van der Waals surface area contributed by atoms with Crippen molar-refractivity contribution in [1.29, 1.82) is 0 Å². The molecule has 23 heavy (non-hydrogen) atoms. The van der Waals surface area contributed by atoms with Gasteiger partial charge >= 0.3 is 6.03 Å². The topological polar surface area (TPSA) is 63.1 Å². The number of nitrogens with zero attached hydrogens (tertiary/aromatic N) is 4. The Labute approximate surface area is 137 Å². The van der Waals surface area contributed by atoms with Crippen LogP contribution in [0, 0.1) is 13.8 Å². The van der Waals surface area contributed by atoms with Gasteiger partial charge in [-0.1, -0.05) is 0 Å². The molecule has 1 N–H and O–H groups in total. The molecule has 2 aromatic rings. The van der Waals surface area contributed by atoms with E-state index >= 15 is 0 Å². The predicted molar refractivity (Wildman–Crippen MR) is 90.1 cm³/mol. The van der Waals surface area contributed by atoms with Crippen molar-refractivity contribution in [2.45, 2.75) is 39.8 Å². The van der Waals surface area contributed by atoms with Gasteiger partial charge in [-0.2, -0.15) is 5.10 Å². The number of carbonyl (C=O) groups excluding carboxylic acids is 1. The normalized spacial score (nSPS) is 12.0. The molecular weight excluding hydrogens is 290 g/mol. The summed E-state index contributed by atoms with van der Waals surface area (Å²) in [5.41, 5.74) is 4.44. The SMILES string of the molecule is Cc1nn(C)c(C)c1C[C@@H](C)NC(=O)N(C)Cc1ccncc1. The molecule has 0 aromatic carbocycles. The van der Waals surface area contributed by atoms with Crippen LogP contribution in [0.2, 0.25) is 0 Å². The molecule has 0 aliphatic heterocycles. The molecular formula is C17H25N5O. The number of hydrogen-bond donors (Lipinski definition) is 1. The van der Waals surface area contributed by atoms with Crippen LogP contribution in [0.1, 0.15) is 29.4 Å². The van der Waals surface area contributed by atoms with Crippen LogP contribution in [0.3, 0.4) is 0 Å². The zero-order valence-corrected chi connectivity index (χ0v) is 14.5. The van der Waals surface area contributed by atoms with Gasteiger partial charge in [-0.05, 0) is 50.5 Å². The lowest BCUT2D eigenvalue weighted by molar-refractivity contribution is 0.203. The molecule has 2 amide bonds. The van der Waals surface area contributed by atoms with Crippen LogP contribution in [-0.2, 0) is 20.0 Å². The van der Waals surface area contributed by atoms with Crippen LogP contribution >= 0.6 is 0 Å². The third-order valence-corrected chi connectivity index (χ3v) is 4.05. The summed E-state index contributed by atoms with van der Waals surface area (Å²) in [5.74, 6) is 0. The van der Waals surface area contributed by atoms with Gasteiger partial charge in [-0.15, -0.1) is 0 Å². The monoisotopic (exact) mass is 315 g/mol. The van der Waals surface area contributed by atoms with Gasteiger partial charge in [0.25, 0.3) is 0 Å². The number of amides is 2. The van der Waals surface area contributed by atoms with E-state index in [1.165, 1.54) is 5.56 Å². The highest BCUT2D eigenvalue weighted by molar-refractivity contribution is 5.74. The molecule has 0 spiro atoms. The van der Waals surface area contributed by atoms with E-state index in [9.17, 15) is 4.79 Å². The number of rotatable bonds is 5. The smallest absolute Gasteiger partial charge is 0.317 e. The largest absolute Gasteiger partial charge is 0.335 e. The summed E-state index contributed by atoms with van der Waals surface area (Å²) in [7, 11) is 3.74.